The topological polar surface area (TPSA) is 94.1 Å². The van der Waals surface area contributed by atoms with E-state index >= 15 is 0 Å². The summed E-state index contributed by atoms with van der Waals surface area (Å²) in [6, 6.07) is 14.9. The lowest BCUT2D eigenvalue weighted by Crippen LogP contribution is -2.52. The monoisotopic (exact) mass is 569 g/mol. The fraction of sp³-hybridized carbons (Fsp3) is 0.529. The number of benzodiazepines with no additional fused rings is 1. The number of nitrogens with one attached hydrogen (secondary N) is 2. The van der Waals surface area contributed by atoms with Gasteiger partial charge >= 0.3 is 6.03 Å². The average molecular weight is 570 g/mol. The van der Waals surface area contributed by atoms with Crippen LogP contribution in [-0.2, 0) is 9.59 Å². The zero-order valence-electron chi connectivity index (χ0n) is 24.7. The van der Waals surface area contributed by atoms with Crippen LogP contribution in [0.4, 0.5) is 16.2 Å². The van der Waals surface area contributed by atoms with Crippen molar-refractivity contribution in [2.75, 3.05) is 29.9 Å². The van der Waals surface area contributed by atoms with Gasteiger partial charge < -0.3 is 15.5 Å². The number of rotatable bonds is 5. The number of carbonyl (C=O) groups is 3. The molecule has 2 saturated carbocycles. The van der Waals surface area contributed by atoms with Crippen LogP contribution >= 0.6 is 0 Å². The molecule has 0 spiro atoms. The molecule has 5 aliphatic rings. The zero-order chi connectivity index (χ0) is 29.1. The van der Waals surface area contributed by atoms with Crippen LogP contribution in [0.25, 0.3) is 0 Å². The highest BCUT2D eigenvalue weighted by atomic mass is 16.2. The number of urea groups is 1. The van der Waals surface area contributed by atoms with E-state index in [2.05, 4.69) is 10.6 Å². The predicted octanol–water partition coefficient (Wildman–Crippen LogP) is 5.90. The maximum atomic E-state index is 14.3. The van der Waals surface area contributed by atoms with Gasteiger partial charge in [0.25, 0.3) is 5.91 Å². The van der Waals surface area contributed by atoms with E-state index in [0.29, 0.717) is 23.2 Å². The Labute approximate surface area is 248 Å². The molecule has 3 aliphatic heterocycles. The van der Waals surface area contributed by atoms with E-state index in [1.165, 1.54) is 38.5 Å². The van der Waals surface area contributed by atoms with Gasteiger partial charge in [0.1, 0.15) is 6.54 Å². The summed E-state index contributed by atoms with van der Waals surface area (Å²) in [6.45, 7) is 3.44. The van der Waals surface area contributed by atoms with Gasteiger partial charge in [-0.3, -0.25) is 19.5 Å². The van der Waals surface area contributed by atoms with Gasteiger partial charge in [-0.15, -0.1) is 0 Å². The number of para-hydroxylation sites is 1. The van der Waals surface area contributed by atoms with Gasteiger partial charge in [0.15, 0.2) is 0 Å². The van der Waals surface area contributed by atoms with E-state index in [4.69, 9.17) is 4.99 Å². The molecule has 0 radical (unpaired) electrons. The second-order valence-corrected chi connectivity index (χ2v) is 12.7. The van der Waals surface area contributed by atoms with E-state index in [1.54, 1.807) is 4.90 Å². The molecular formula is C34H43N5O3. The van der Waals surface area contributed by atoms with Crippen molar-refractivity contribution in [3.05, 3.63) is 59.7 Å². The molecule has 2 aromatic rings. The third kappa shape index (κ3) is 6.37. The Bertz CT molecular complexity index is 1330. The smallest absolute Gasteiger partial charge is 0.321 e. The fourth-order valence-electron chi connectivity index (χ4n) is 7.34. The second-order valence-electron chi connectivity index (χ2n) is 12.7. The third-order valence-electron chi connectivity index (χ3n) is 9.59. The van der Waals surface area contributed by atoms with Crippen LogP contribution in [0.1, 0.15) is 75.3 Å². The van der Waals surface area contributed by atoms with Gasteiger partial charge in [0.05, 0.1) is 11.4 Å². The van der Waals surface area contributed by atoms with Gasteiger partial charge in [-0.2, -0.15) is 0 Å². The SMILES string of the molecule is Cc1cccc(NC(=O)N[C@@H]2N=C(C3CCCCCC3)c3ccccc3N(CC(=O)N3CC4CCC(CC4)C3)C2=O)c1. The maximum absolute atomic E-state index is 14.3. The Morgan fingerprint density at radius 1 is 0.881 bits per heavy atom. The number of fused-ring (bicyclic) bond motifs is 5. The van der Waals surface area contributed by atoms with E-state index < -0.39 is 12.2 Å². The Balaban J connectivity index is 1.31. The highest BCUT2D eigenvalue weighted by Crippen LogP contribution is 2.36. The van der Waals surface area contributed by atoms with Crippen molar-refractivity contribution >= 4 is 34.9 Å². The molecular weight excluding hydrogens is 526 g/mol. The van der Waals surface area contributed by atoms with E-state index in [-0.39, 0.29) is 24.3 Å². The molecule has 42 heavy (non-hydrogen) atoms. The number of benzene rings is 2. The number of aryl methyl sites for hydroxylation is 1. The molecule has 0 unspecified atom stereocenters. The van der Waals surface area contributed by atoms with E-state index in [0.717, 1.165) is 55.6 Å². The molecule has 8 nitrogen and oxygen atoms in total. The van der Waals surface area contributed by atoms with Crippen LogP contribution in [0, 0.1) is 24.7 Å². The molecule has 0 aromatic heterocycles. The molecule has 3 heterocycles. The van der Waals surface area contributed by atoms with Crippen LogP contribution in [0.3, 0.4) is 0 Å². The largest absolute Gasteiger partial charge is 0.341 e. The minimum Gasteiger partial charge on any atom is -0.341 e. The summed E-state index contributed by atoms with van der Waals surface area (Å²) >= 11 is 0. The lowest BCUT2D eigenvalue weighted by atomic mass is 9.84. The highest BCUT2D eigenvalue weighted by Gasteiger charge is 2.38. The van der Waals surface area contributed by atoms with Crippen molar-refractivity contribution in [1.82, 2.24) is 10.2 Å². The number of carbonyl (C=O) groups excluding carboxylic acids is 3. The molecule has 2 aliphatic carbocycles. The van der Waals surface area contributed by atoms with Gasteiger partial charge in [0, 0.05) is 30.3 Å². The summed E-state index contributed by atoms with van der Waals surface area (Å²) in [5.74, 6) is 0.881. The minimum absolute atomic E-state index is 0.0298. The Morgan fingerprint density at radius 2 is 1.57 bits per heavy atom. The predicted molar refractivity (Wildman–Crippen MR) is 166 cm³/mol. The molecule has 4 amide bonds. The number of hydrogen-bond donors (Lipinski definition) is 2. The first-order valence-electron chi connectivity index (χ1n) is 15.8. The number of amides is 4. The summed E-state index contributed by atoms with van der Waals surface area (Å²) in [5, 5.41) is 5.72. The normalized spacial score (nSPS) is 24.6. The molecule has 7 rings (SSSR count). The van der Waals surface area contributed by atoms with Crippen molar-refractivity contribution in [3.8, 4) is 0 Å². The van der Waals surface area contributed by atoms with E-state index in [9.17, 15) is 14.4 Å². The van der Waals surface area contributed by atoms with Crippen LogP contribution < -0.4 is 15.5 Å². The number of aliphatic imine (C=N–C) groups is 1. The van der Waals surface area contributed by atoms with Crippen molar-refractivity contribution in [3.63, 3.8) is 0 Å². The first-order chi connectivity index (χ1) is 20.4. The molecule has 2 bridgehead atoms. The third-order valence-corrected chi connectivity index (χ3v) is 9.59. The summed E-state index contributed by atoms with van der Waals surface area (Å²) in [7, 11) is 0. The highest BCUT2D eigenvalue weighted by molar-refractivity contribution is 6.15. The molecule has 4 fully saturated rings. The standard InChI is InChI=1S/C34H43N5O3/c1-23-9-8-12-27(19-23)35-34(42)37-32-33(41)39(22-30(40)38-20-24-15-16-25(21-38)18-17-24)29-14-7-6-13-28(29)31(36-32)26-10-4-2-3-5-11-26/h6-9,12-14,19,24-26,32H,2-5,10-11,15-18,20-22H2,1H3,(H2,35,37,42)/t24?,25?,32-/m0/s1. The van der Waals surface area contributed by atoms with Gasteiger partial charge in [-0.25, -0.2) is 4.79 Å². The van der Waals surface area contributed by atoms with Gasteiger partial charge in [-0.05, 0) is 81.0 Å². The van der Waals surface area contributed by atoms with Gasteiger partial charge in [-0.1, -0.05) is 56.0 Å². The molecule has 2 N–H and O–H groups in total. The van der Waals surface area contributed by atoms with Crippen molar-refractivity contribution in [2.24, 2.45) is 22.7 Å². The number of anilines is 2. The Morgan fingerprint density at radius 3 is 2.26 bits per heavy atom. The summed E-state index contributed by atoms with van der Waals surface area (Å²) in [5.41, 5.74) is 4.14. The van der Waals surface area contributed by atoms with E-state index in [1.807, 2.05) is 60.4 Å². The van der Waals surface area contributed by atoms with Crippen molar-refractivity contribution < 1.29 is 14.4 Å². The molecule has 222 valence electrons. The number of nitrogens with zero attached hydrogens (tertiary/aromatic N) is 3. The minimum atomic E-state index is -1.13. The van der Waals surface area contributed by atoms with Crippen LogP contribution in [-0.4, -0.2) is 54.3 Å². The van der Waals surface area contributed by atoms with Gasteiger partial charge in [0.2, 0.25) is 12.1 Å². The molecule has 8 heteroatoms. The van der Waals surface area contributed by atoms with Crippen LogP contribution in [0.2, 0.25) is 0 Å². The number of hydrogen-bond acceptors (Lipinski definition) is 4. The first-order valence-corrected chi connectivity index (χ1v) is 15.8. The Hall–Kier alpha value is -3.68. The molecule has 2 saturated heterocycles. The lowest BCUT2D eigenvalue weighted by Gasteiger charge is -2.29. The Kier molecular flexibility index (Phi) is 8.58. The summed E-state index contributed by atoms with van der Waals surface area (Å²) < 4.78 is 0. The van der Waals surface area contributed by atoms with Crippen LogP contribution in [0.5, 0.6) is 0 Å². The molecule has 1 atom stereocenters. The first kappa shape index (κ1) is 28.4. The lowest BCUT2D eigenvalue weighted by molar-refractivity contribution is -0.132. The quantitative estimate of drug-likeness (QED) is 0.439. The average Bonchev–Trinajstić information content (AvgIpc) is 3.49. The molecule has 2 aromatic carbocycles. The van der Waals surface area contributed by atoms with Crippen molar-refractivity contribution in [2.45, 2.75) is 77.3 Å². The summed E-state index contributed by atoms with van der Waals surface area (Å²) in [4.78, 5) is 49.9. The second kappa shape index (κ2) is 12.7. The van der Waals surface area contributed by atoms with Crippen LogP contribution in [0.15, 0.2) is 53.5 Å². The summed E-state index contributed by atoms with van der Waals surface area (Å²) in [6.07, 6.45) is 10.2. The fourth-order valence-corrected chi connectivity index (χ4v) is 7.34. The zero-order valence-corrected chi connectivity index (χ0v) is 24.7. The maximum Gasteiger partial charge on any atom is 0.321 e. The van der Waals surface area contributed by atoms with Crippen molar-refractivity contribution in [1.29, 1.82) is 0 Å².